The molecule has 0 radical (unpaired) electrons. The lowest BCUT2D eigenvalue weighted by Crippen LogP contribution is -1.84. The zero-order chi connectivity index (χ0) is 12.7. The molecule has 0 atom stereocenters. The van der Waals surface area contributed by atoms with E-state index >= 15 is 0 Å². The third-order valence-electron chi connectivity index (χ3n) is 2.67. The monoisotopic (exact) mass is 280 g/mol. The Morgan fingerprint density at radius 1 is 1.00 bits per heavy atom. The van der Waals surface area contributed by atoms with Gasteiger partial charge in [-0.1, -0.05) is 35.3 Å². The van der Waals surface area contributed by atoms with E-state index in [1.54, 1.807) is 30.3 Å². The van der Waals surface area contributed by atoms with Crippen LogP contribution in [0.4, 0.5) is 4.39 Å². The van der Waals surface area contributed by atoms with Crippen LogP contribution in [0.15, 0.2) is 36.4 Å². The van der Waals surface area contributed by atoms with Gasteiger partial charge in [-0.05, 0) is 24.3 Å². The molecule has 0 amide bonds. The van der Waals surface area contributed by atoms with Crippen LogP contribution in [-0.2, 0) is 0 Å². The van der Waals surface area contributed by atoms with Gasteiger partial charge in [0.05, 0.1) is 21.1 Å². The summed E-state index contributed by atoms with van der Waals surface area (Å²) < 4.78 is 13.7. The van der Waals surface area contributed by atoms with E-state index in [1.165, 1.54) is 6.07 Å². The number of aromatic nitrogens is 2. The number of nitrogens with one attached hydrogen (secondary N) is 1. The first kappa shape index (κ1) is 11.5. The summed E-state index contributed by atoms with van der Waals surface area (Å²) in [5, 5.41) is 0.984. The number of nitrogens with zero attached hydrogens (tertiary/aromatic N) is 1. The smallest absolute Gasteiger partial charge is 0.141 e. The summed E-state index contributed by atoms with van der Waals surface area (Å²) in [6, 6.07) is 9.74. The third kappa shape index (κ3) is 1.76. The van der Waals surface area contributed by atoms with Crippen molar-refractivity contribution in [1.82, 2.24) is 9.97 Å². The van der Waals surface area contributed by atoms with Gasteiger partial charge in [0.15, 0.2) is 0 Å². The molecule has 3 aromatic rings. The van der Waals surface area contributed by atoms with Crippen LogP contribution in [0.25, 0.3) is 22.4 Å². The van der Waals surface area contributed by atoms with Crippen LogP contribution in [0, 0.1) is 5.82 Å². The highest BCUT2D eigenvalue weighted by Crippen LogP contribution is 2.31. The highest BCUT2D eigenvalue weighted by Gasteiger charge is 2.13. The molecular weight excluding hydrogens is 274 g/mol. The number of rotatable bonds is 1. The van der Waals surface area contributed by atoms with E-state index in [0.29, 0.717) is 32.5 Å². The first-order valence-electron chi connectivity index (χ1n) is 5.25. The van der Waals surface area contributed by atoms with Crippen LogP contribution >= 0.6 is 23.2 Å². The predicted octanol–water partition coefficient (Wildman–Crippen LogP) is 4.68. The quantitative estimate of drug-likeness (QED) is 0.689. The van der Waals surface area contributed by atoms with Gasteiger partial charge in [-0.2, -0.15) is 0 Å². The van der Waals surface area contributed by atoms with Crippen molar-refractivity contribution in [3.63, 3.8) is 0 Å². The van der Waals surface area contributed by atoms with Gasteiger partial charge in [0.2, 0.25) is 0 Å². The number of benzene rings is 2. The van der Waals surface area contributed by atoms with Gasteiger partial charge in [0, 0.05) is 0 Å². The number of hydrogen-bond donors (Lipinski definition) is 1. The largest absolute Gasteiger partial charge is 0.337 e. The number of imidazole rings is 1. The molecule has 1 aromatic heterocycles. The van der Waals surface area contributed by atoms with Crippen LogP contribution in [0.5, 0.6) is 0 Å². The van der Waals surface area contributed by atoms with Crippen molar-refractivity contribution in [2.24, 2.45) is 0 Å². The molecule has 0 unspecified atom stereocenters. The second-order valence-electron chi connectivity index (χ2n) is 3.82. The Balaban J connectivity index is 2.29. The van der Waals surface area contributed by atoms with Gasteiger partial charge in [-0.25, -0.2) is 9.37 Å². The Morgan fingerprint density at radius 2 is 1.72 bits per heavy atom. The fourth-order valence-electron chi connectivity index (χ4n) is 1.81. The van der Waals surface area contributed by atoms with Crippen LogP contribution < -0.4 is 0 Å². The number of fused-ring (bicyclic) bond motifs is 1. The molecule has 0 aliphatic rings. The summed E-state index contributed by atoms with van der Waals surface area (Å²) in [6.45, 7) is 0. The minimum Gasteiger partial charge on any atom is -0.337 e. The molecular formula is C13H7Cl2FN2. The minimum absolute atomic E-state index is 0.344. The molecule has 0 aliphatic carbocycles. The van der Waals surface area contributed by atoms with Crippen molar-refractivity contribution < 1.29 is 4.39 Å². The maximum absolute atomic E-state index is 13.7. The lowest BCUT2D eigenvalue weighted by Gasteiger charge is -1.97. The predicted molar refractivity (Wildman–Crippen MR) is 71.5 cm³/mol. The number of aromatic amines is 1. The Kier molecular flexibility index (Phi) is 2.73. The minimum atomic E-state index is -0.344. The Hall–Kier alpha value is -1.58. The fourth-order valence-corrected chi connectivity index (χ4v) is 2.21. The normalized spacial score (nSPS) is 11.1. The SMILES string of the molecule is Fc1ccccc1-c1nc2c(Cl)ccc(Cl)c2[nH]1. The third-order valence-corrected chi connectivity index (χ3v) is 3.29. The summed E-state index contributed by atoms with van der Waals surface area (Å²) in [6.07, 6.45) is 0. The molecule has 2 nitrogen and oxygen atoms in total. The van der Waals surface area contributed by atoms with Gasteiger partial charge >= 0.3 is 0 Å². The maximum Gasteiger partial charge on any atom is 0.141 e. The van der Waals surface area contributed by atoms with Gasteiger partial charge in [0.25, 0.3) is 0 Å². The lowest BCUT2D eigenvalue weighted by atomic mass is 10.2. The molecule has 90 valence electrons. The maximum atomic E-state index is 13.7. The van der Waals surface area contributed by atoms with Crippen molar-refractivity contribution in [3.05, 3.63) is 52.3 Å². The van der Waals surface area contributed by atoms with E-state index in [1.807, 2.05) is 0 Å². The van der Waals surface area contributed by atoms with Gasteiger partial charge in [0.1, 0.15) is 17.2 Å². The van der Waals surface area contributed by atoms with E-state index in [9.17, 15) is 4.39 Å². The van der Waals surface area contributed by atoms with Crippen molar-refractivity contribution in [1.29, 1.82) is 0 Å². The lowest BCUT2D eigenvalue weighted by molar-refractivity contribution is 0.630. The Morgan fingerprint density at radius 3 is 2.44 bits per heavy atom. The Labute approximate surface area is 112 Å². The average Bonchev–Trinajstić information content (AvgIpc) is 2.80. The Bertz CT molecular complexity index is 698. The summed E-state index contributed by atoms with van der Waals surface area (Å²) >= 11 is 12.1. The summed E-state index contributed by atoms with van der Waals surface area (Å²) in [4.78, 5) is 7.29. The van der Waals surface area contributed by atoms with Crippen molar-refractivity contribution in [2.75, 3.05) is 0 Å². The van der Waals surface area contributed by atoms with Crippen molar-refractivity contribution in [2.45, 2.75) is 0 Å². The van der Waals surface area contributed by atoms with E-state index in [-0.39, 0.29) is 5.82 Å². The summed E-state index contributed by atoms with van der Waals surface area (Å²) in [5.41, 5.74) is 1.55. The number of halogens is 3. The molecule has 1 heterocycles. The topological polar surface area (TPSA) is 28.7 Å². The number of hydrogen-bond acceptors (Lipinski definition) is 1. The molecule has 0 saturated heterocycles. The van der Waals surface area contributed by atoms with Crippen LogP contribution in [0.1, 0.15) is 0 Å². The molecule has 2 aromatic carbocycles. The first-order chi connectivity index (χ1) is 8.66. The van der Waals surface area contributed by atoms with E-state index < -0.39 is 0 Å². The second-order valence-corrected chi connectivity index (χ2v) is 4.63. The summed E-state index contributed by atoms with van der Waals surface area (Å²) in [5.74, 6) is 0.0712. The molecule has 3 rings (SSSR count). The molecule has 0 aliphatic heterocycles. The number of H-pyrrole nitrogens is 1. The molecule has 0 bridgehead atoms. The highest BCUT2D eigenvalue weighted by atomic mass is 35.5. The molecule has 0 saturated carbocycles. The standard InChI is InChI=1S/C13H7Cl2FN2/c14-8-5-6-9(15)12-11(8)17-13(18-12)7-3-1-2-4-10(7)16/h1-6H,(H,17,18). The fraction of sp³-hybridized carbons (Fsp3) is 0. The first-order valence-corrected chi connectivity index (χ1v) is 6.01. The van der Waals surface area contributed by atoms with Crippen LogP contribution in [0.2, 0.25) is 10.0 Å². The van der Waals surface area contributed by atoms with Crippen LogP contribution in [-0.4, -0.2) is 9.97 Å². The van der Waals surface area contributed by atoms with E-state index in [0.717, 1.165) is 0 Å². The average molecular weight is 281 g/mol. The zero-order valence-corrected chi connectivity index (χ0v) is 10.6. The molecule has 0 spiro atoms. The van der Waals surface area contributed by atoms with E-state index in [4.69, 9.17) is 23.2 Å². The zero-order valence-electron chi connectivity index (χ0n) is 9.05. The molecule has 0 fully saturated rings. The van der Waals surface area contributed by atoms with Gasteiger partial charge < -0.3 is 4.98 Å². The molecule has 1 N–H and O–H groups in total. The van der Waals surface area contributed by atoms with Crippen molar-refractivity contribution >= 4 is 34.2 Å². The molecule has 18 heavy (non-hydrogen) atoms. The van der Waals surface area contributed by atoms with Gasteiger partial charge in [-0.15, -0.1) is 0 Å². The van der Waals surface area contributed by atoms with Crippen molar-refractivity contribution in [3.8, 4) is 11.4 Å². The van der Waals surface area contributed by atoms with Gasteiger partial charge in [-0.3, -0.25) is 0 Å². The summed E-state index contributed by atoms with van der Waals surface area (Å²) in [7, 11) is 0. The second kappa shape index (κ2) is 4.26. The van der Waals surface area contributed by atoms with Crippen LogP contribution in [0.3, 0.4) is 0 Å². The highest BCUT2D eigenvalue weighted by molar-refractivity contribution is 6.39. The van der Waals surface area contributed by atoms with E-state index in [2.05, 4.69) is 9.97 Å². The molecule has 5 heteroatoms.